The molecule has 0 spiro atoms. The number of hydrogen-bond donors (Lipinski definition) is 0. The molecule has 0 saturated heterocycles. The summed E-state index contributed by atoms with van der Waals surface area (Å²) < 4.78 is 0. The summed E-state index contributed by atoms with van der Waals surface area (Å²) >= 11 is 17.5. The summed E-state index contributed by atoms with van der Waals surface area (Å²) in [5.74, 6) is 1.46. The first-order valence-electron chi connectivity index (χ1n) is 4.13. The molecule has 1 aromatic rings. The van der Waals surface area contributed by atoms with Crippen molar-refractivity contribution in [3.63, 3.8) is 0 Å². The van der Waals surface area contributed by atoms with E-state index in [4.69, 9.17) is 34.8 Å². The molecule has 0 aliphatic heterocycles. The molecule has 0 aliphatic carbocycles. The number of benzene rings is 1. The molecule has 0 unspecified atom stereocenters. The van der Waals surface area contributed by atoms with Gasteiger partial charge in [-0.2, -0.15) is 0 Å². The van der Waals surface area contributed by atoms with E-state index in [0.717, 1.165) is 17.0 Å². The Morgan fingerprint density at radius 1 is 1.08 bits per heavy atom. The quantitative estimate of drug-likeness (QED) is 0.695. The van der Waals surface area contributed by atoms with E-state index in [2.05, 4.69) is 0 Å². The molecule has 0 nitrogen and oxygen atoms in total. The van der Waals surface area contributed by atoms with E-state index < -0.39 is 0 Å². The highest BCUT2D eigenvalue weighted by atomic mass is 35.5. The molecule has 0 N–H and O–H groups in total. The van der Waals surface area contributed by atoms with E-state index in [1.54, 1.807) is 0 Å². The van der Waals surface area contributed by atoms with Gasteiger partial charge in [0, 0.05) is 16.8 Å². The average molecular weight is 238 g/mol. The molecule has 13 heavy (non-hydrogen) atoms. The highest BCUT2D eigenvalue weighted by Gasteiger charge is 2.08. The van der Waals surface area contributed by atoms with E-state index in [1.165, 1.54) is 0 Å². The van der Waals surface area contributed by atoms with Crippen molar-refractivity contribution in [2.45, 2.75) is 6.42 Å². The zero-order chi connectivity index (χ0) is 9.68. The molecule has 0 amide bonds. The molecule has 72 valence electrons. The van der Waals surface area contributed by atoms with Crippen molar-refractivity contribution in [1.82, 2.24) is 0 Å². The Morgan fingerprint density at radius 3 is 2.23 bits per heavy atom. The number of rotatable bonds is 4. The maximum Gasteiger partial charge on any atom is 0.0438 e. The first-order chi connectivity index (χ1) is 6.27. The van der Waals surface area contributed by atoms with E-state index in [9.17, 15) is 0 Å². The second kappa shape index (κ2) is 5.74. The number of hydrogen-bond acceptors (Lipinski definition) is 0. The minimum atomic E-state index is 0.309. The summed E-state index contributed by atoms with van der Waals surface area (Å²) in [5.41, 5.74) is 1.12. The van der Waals surface area contributed by atoms with Crippen molar-refractivity contribution < 1.29 is 0 Å². The van der Waals surface area contributed by atoms with Gasteiger partial charge in [-0.05, 0) is 24.0 Å². The lowest BCUT2D eigenvalue weighted by molar-refractivity contribution is 0.662. The first-order valence-corrected chi connectivity index (χ1v) is 5.58. The van der Waals surface area contributed by atoms with Gasteiger partial charge in [0.1, 0.15) is 0 Å². The van der Waals surface area contributed by atoms with E-state index in [-0.39, 0.29) is 0 Å². The third-order valence-corrected chi connectivity index (χ3v) is 3.14. The van der Waals surface area contributed by atoms with Gasteiger partial charge in [-0.1, -0.05) is 29.8 Å². The van der Waals surface area contributed by atoms with E-state index in [1.807, 2.05) is 24.3 Å². The lowest BCUT2D eigenvalue weighted by Gasteiger charge is -2.10. The van der Waals surface area contributed by atoms with Crippen LogP contribution in [-0.4, -0.2) is 11.8 Å². The van der Waals surface area contributed by atoms with Gasteiger partial charge in [-0.15, -0.1) is 23.2 Å². The summed E-state index contributed by atoms with van der Waals surface area (Å²) in [5, 5.41) is 0.794. The molecule has 0 bridgehead atoms. The van der Waals surface area contributed by atoms with Gasteiger partial charge in [-0.3, -0.25) is 0 Å². The van der Waals surface area contributed by atoms with Crippen LogP contribution >= 0.6 is 34.8 Å². The lowest BCUT2D eigenvalue weighted by Crippen LogP contribution is -2.08. The Kier molecular flexibility index (Phi) is 4.93. The fourth-order valence-corrected chi connectivity index (χ4v) is 1.89. The third-order valence-electron chi connectivity index (χ3n) is 1.90. The van der Waals surface area contributed by atoms with Crippen LogP contribution in [0.4, 0.5) is 0 Å². The Labute approximate surface area is 93.8 Å². The van der Waals surface area contributed by atoms with Crippen LogP contribution in [0.3, 0.4) is 0 Å². The fraction of sp³-hybridized carbons (Fsp3) is 0.400. The standard InChI is InChI=1S/C10H11Cl3/c11-6-8(7-12)5-9-3-1-2-4-10(9)13/h1-4,8H,5-7H2. The Bertz CT molecular complexity index is 256. The minimum Gasteiger partial charge on any atom is -0.126 e. The zero-order valence-corrected chi connectivity index (χ0v) is 9.41. The molecule has 0 heterocycles. The molecule has 0 aromatic heterocycles. The van der Waals surface area contributed by atoms with Gasteiger partial charge in [0.2, 0.25) is 0 Å². The van der Waals surface area contributed by atoms with Crippen LogP contribution in [0.1, 0.15) is 5.56 Å². The smallest absolute Gasteiger partial charge is 0.0438 e. The van der Waals surface area contributed by atoms with Crippen molar-refractivity contribution in [2.24, 2.45) is 5.92 Å². The van der Waals surface area contributed by atoms with Crippen LogP contribution in [-0.2, 0) is 6.42 Å². The van der Waals surface area contributed by atoms with Crippen LogP contribution in [0.2, 0.25) is 5.02 Å². The molecule has 0 radical (unpaired) electrons. The van der Waals surface area contributed by atoms with E-state index in [0.29, 0.717) is 17.7 Å². The maximum atomic E-state index is 6.00. The van der Waals surface area contributed by atoms with Crippen LogP contribution in [0.25, 0.3) is 0 Å². The highest BCUT2D eigenvalue weighted by Crippen LogP contribution is 2.20. The van der Waals surface area contributed by atoms with Crippen LogP contribution in [0.15, 0.2) is 24.3 Å². The number of halogens is 3. The van der Waals surface area contributed by atoms with Gasteiger partial charge in [0.05, 0.1) is 0 Å². The maximum absolute atomic E-state index is 6.00. The molecule has 0 atom stereocenters. The van der Waals surface area contributed by atoms with Crippen LogP contribution < -0.4 is 0 Å². The second-order valence-electron chi connectivity index (χ2n) is 2.97. The average Bonchev–Trinajstić information content (AvgIpc) is 2.17. The van der Waals surface area contributed by atoms with Crippen molar-refractivity contribution in [3.8, 4) is 0 Å². The number of alkyl halides is 2. The molecular formula is C10H11Cl3. The third kappa shape index (κ3) is 3.38. The van der Waals surface area contributed by atoms with Crippen molar-refractivity contribution in [3.05, 3.63) is 34.9 Å². The van der Waals surface area contributed by atoms with E-state index >= 15 is 0 Å². The van der Waals surface area contributed by atoms with Crippen molar-refractivity contribution in [1.29, 1.82) is 0 Å². The second-order valence-corrected chi connectivity index (χ2v) is 3.99. The van der Waals surface area contributed by atoms with Crippen molar-refractivity contribution in [2.75, 3.05) is 11.8 Å². The van der Waals surface area contributed by atoms with Crippen molar-refractivity contribution >= 4 is 34.8 Å². The van der Waals surface area contributed by atoms with Gasteiger partial charge in [0.25, 0.3) is 0 Å². The van der Waals surface area contributed by atoms with Gasteiger partial charge < -0.3 is 0 Å². The predicted octanol–water partition coefficient (Wildman–Crippen LogP) is 3.98. The Morgan fingerprint density at radius 2 is 1.69 bits per heavy atom. The monoisotopic (exact) mass is 236 g/mol. The topological polar surface area (TPSA) is 0 Å². The molecule has 0 fully saturated rings. The van der Waals surface area contributed by atoms with Gasteiger partial charge in [-0.25, -0.2) is 0 Å². The minimum absolute atomic E-state index is 0.309. The zero-order valence-electron chi connectivity index (χ0n) is 7.14. The molecule has 1 aromatic carbocycles. The fourth-order valence-electron chi connectivity index (χ4n) is 1.13. The summed E-state index contributed by atoms with van der Waals surface area (Å²) in [4.78, 5) is 0. The summed E-state index contributed by atoms with van der Waals surface area (Å²) in [6.45, 7) is 0. The van der Waals surface area contributed by atoms with Gasteiger partial charge in [0.15, 0.2) is 0 Å². The first kappa shape index (κ1) is 11.2. The normalized spacial score (nSPS) is 10.8. The summed E-state index contributed by atoms with van der Waals surface area (Å²) in [7, 11) is 0. The van der Waals surface area contributed by atoms with Gasteiger partial charge >= 0.3 is 0 Å². The van der Waals surface area contributed by atoms with Crippen LogP contribution in [0, 0.1) is 5.92 Å². The van der Waals surface area contributed by atoms with Crippen LogP contribution in [0.5, 0.6) is 0 Å². The summed E-state index contributed by atoms with van der Waals surface area (Å²) in [6, 6.07) is 7.79. The lowest BCUT2D eigenvalue weighted by atomic mass is 10.0. The molecule has 3 heteroatoms. The summed E-state index contributed by atoms with van der Waals surface area (Å²) in [6.07, 6.45) is 0.854. The Balaban J connectivity index is 2.67. The SMILES string of the molecule is ClCC(CCl)Cc1ccccc1Cl. The Hall–Kier alpha value is 0.0900. The largest absolute Gasteiger partial charge is 0.126 e. The molecular weight excluding hydrogens is 226 g/mol. The molecule has 1 rings (SSSR count). The predicted molar refractivity (Wildman–Crippen MR) is 60.1 cm³/mol. The molecule has 0 saturated carbocycles. The molecule has 0 aliphatic rings. The highest BCUT2D eigenvalue weighted by molar-refractivity contribution is 6.31.